The highest BCUT2D eigenvalue weighted by atomic mass is 14.9. The second-order valence-corrected chi connectivity index (χ2v) is 7.93. The van der Waals surface area contributed by atoms with Crippen LogP contribution < -0.4 is 5.32 Å². The molecule has 0 saturated carbocycles. The molecule has 0 radical (unpaired) electrons. The predicted octanol–water partition coefficient (Wildman–Crippen LogP) is 5.47. The number of hydrogen-bond acceptors (Lipinski definition) is 2. The maximum Gasteiger partial charge on any atom is 0.0495 e. The van der Waals surface area contributed by atoms with Crippen molar-refractivity contribution in [2.24, 2.45) is 0 Å². The van der Waals surface area contributed by atoms with Gasteiger partial charge in [0.25, 0.3) is 0 Å². The Bertz CT molecular complexity index is 1180. The number of H-pyrrole nitrogens is 1. The molecule has 140 valence electrons. The van der Waals surface area contributed by atoms with Crippen LogP contribution in [0.2, 0.25) is 0 Å². The van der Waals surface area contributed by atoms with Crippen LogP contribution in [0.1, 0.15) is 28.1 Å². The number of hydrogen-bond donors (Lipinski definition) is 2. The minimum Gasteiger partial charge on any atom is -0.354 e. The summed E-state index contributed by atoms with van der Waals surface area (Å²) in [6.07, 6.45) is 1.12. The molecular weight excluding hydrogens is 342 g/mol. The molecule has 3 nitrogen and oxygen atoms in total. The summed E-state index contributed by atoms with van der Waals surface area (Å²) < 4.78 is 0. The molecule has 0 atom stereocenters. The molecule has 0 spiro atoms. The Hall–Kier alpha value is -2.91. The first-order chi connectivity index (χ1) is 13.6. The average molecular weight is 367 g/mol. The number of fused-ring (bicyclic) bond motifs is 2. The zero-order valence-electron chi connectivity index (χ0n) is 16.7. The van der Waals surface area contributed by atoms with Gasteiger partial charge in [0.1, 0.15) is 0 Å². The van der Waals surface area contributed by atoms with Gasteiger partial charge in [-0.15, -0.1) is 0 Å². The van der Waals surface area contributed by atoms with Crippen LogP contribution in [0.3, 0.4) is 0 Å². The highest BCUT2D eigenvalue weighted by Gasteiger charge is 2.13. The van der Waals surface area contributed by atoms with Crippen LogP contribution in [0, 0.1) is 20.8 Å². The zero-order valence-corrected chi connectivity index (χ0v) is 16.7. The minimum atomic E-state index is 0.970. The van der Waals surface area contributed by atoms with Crippen molar-refractivity contribution in [3.8, 4) is 22.4 Å². The van der Waals surface area contributed by atoms with Gasteiger partial charge >= 0.3 is 0 Å². The van der Waals surface area contributed by atoms with E-state index >= 15 is 0 Å². The van der Waals surface area contributed by atoms with E-state index in [1.165, 1.54) is 50.0 Å². The smallest absolute Gasteiger partial charge is 0.0495 e. The van der Waals surface area contributed by atoms with Gasteiger partial charge in [0.2, 0.25) is 0 Å². The van der Waals surface area contributed by atoms with Crippen LogP contribution in [-0.2, 0) is 13.0 Å². The lowest BCUT2D eigenvalue weighted by Crippen LogP contribution is -2.23. The third-order valence-corrected chi connectivity index (χ3v) is 5.85. The molecule has 3 heteroatoms. The van der Waals surface area contributed by atoms with E-state index in [-0.39, 0.29) is 0 Å². The van der Waals surface area contributed by atoms with E-state index in [0.29, 0.717) is 0 Å². The summed E-state index contributed by atoms with van der Waals surface area (Å²) in [5, 5.41) is 4.76. The lowest BCUT2D eigenvalue weighted by atomic mass is 9.95. The van der Waals surface area contributed by atoms with Crippen LogP contribution in [-0.4, -0.2) is 16.5 Å². The van der Waals surface area contributed by atoms with Crippen LogP contribution in [0.5, 0.6) is 0 Å². The van der Waals surface area contributed by atoms with E-state index in [1.54, 1.807) is 0 Å². The van der Waals surface area contributed by atoms with Crippen molar-refractivity contribution >= 4 is 10.9 Å². The standard InChI is InChI=1S/C25H25N3/c1-15-10-21(11-16(2)27-15)25-17(3)23-7-6-20(13-24(23)28-25)19-5-4-18-8-9-26-14-22(18)12-19/h4-7,10-13,26,28H,8-9,14H2,1-3H3. The first-order valence-electron chi connectivity index (χ1n) is 9.99. The third-order valence-electron chi connectivity index (χ3n) is 5.85. The summed E-state index contributed by atoms with van der Waals surface area (Å²) in [6, 6.07) is 18.0. The lowest BCUT2D eigenvalue weighted by molar-refractivity contribution is 0.644. The Balaban J connectivity index is 1.60. The summed E-state index contributed by atoms with van der Waals surface area (Å²) in [5.41, 5.74) is 12.4. The van der Waals surface area contributed by atoms with E-state index < -0.39 is 0 Å². The summed E-state index contributed by atoms with van der Waals surface area (Å²) in [7, 11) is 0. The van der Waals surface area contributed by atoms with Gasteiger partial charge in [-0.1, -0.05) is 24.3 Å². The fraction of sp³-hybridized carbons (Fsp3) is 0.240. The predicted molar refractivity (Wildman–Crippen MR) is 117 cm³/mol. The fourth-order valence-electron chi connectivity index (χ4n) is 4.44. The molecule has 2 aromatic carbocycles. The molecule has 3 heterocycles. The summed E-state index contributed by atoms with van der Waals surface area (Å²) >= 11 is 0. The second-order valence-electron chi connectivity index (χ2n) is 7.93. The maximum atomic E-state index is 4.51. The highest BCUT2D eigenvalue weighted by Crippen LogP contribution is 2.33. The van der Waals surface area contributed by atoms with E-state index in [4.69, 9.17) is 0 Å². The maximum absolute atomic E-state index is 4.51. The molecule has 1 aliphatic heterocycles. The van der Waals surface area contributed by atoms with E-state index in [1.807, 2.05) is 0 Å². The van der Waals surface area contributed by atoms with E-state index in [2.05, 4.69) is 84.6 Å². The van der Waals surface area contributed by atoms with Crippen LogP contribution in [0.4, 0.5) is 0 Å². The van der Waals surface area contributed by atoms with Gasteiger partial charge in [-0.05, 0) is 85.8 Å². The van der Waals surface area contributed by atoms with Crippen molar-refractivity contribution in [2.45, 2.75) is 33.7 Å². The molecule has 2 N–H and O–H groups in total. The first-order valence-corrected chi connectivity index (χ1v) is 9.99. The van der Waals surface area contributed by atoms with Gasteiger partial charge in [-0.3, -0.25) is 4.98 Å². The Kier molecular flexibility index (Phi) is 4.06. The van der Waals surface area contributed by atoms with Gasteiger partial charge in [0, 0.05) is 40.1 Å². The molecule has 2 aromatic heterocycles. The molecule has 4 aromatic rings. The van der Waals surface area contributed by atoms with Gasteiger partial charge < -0.3 is 10.3 Å². The Morgan fingerprint density at radius 1 is 0.786 bits per heavy atom. The van der Waals surface area contributed by atoms with Crippen LogP contribution >= 0.6 is 0 Å². The monoisotopic (exact) mass is 367 g/mol. The average Bonchev–Trinajstić information content (AvgIpc) is 3.03. The van der Waals surface area contributed by atoms with E-state index in [0.717, 1.165) is 30.9 Å². The van der Waals surface area contributed by atoms with Gasteiger partial charge in [-0.25, -0.2) is 0 Å². The zero-order chi connectivity index (χ0) is 19.3. The Morgan fingerprint density at radius 2 is 1.54 bits per heavy atom. The normalized spacial score (nSPS) is 13.7. The molecule has 0 fully saturated rings. The number of rotatable bonds is 2. The molecule has 5 rings (SSSR count). The number of benzene rings is 2. The molecule has 0 amide bonds. The SMILES string of the molecule is Cc1cc(-c2[nH]c3cc(-c4ccc5c(c4)CNCC5)ccc3c2C)cc(C)n1. The van der Waals surface area contributed by atoms with Crippen LogP contribution in [0.25, 0.3) is 33.3 Å². The van der Waals surface area contributed by atoms with Gasteiger partial charge in [0.05, 0.1) is 0 Å². The van der Waals surface area contributed by atoms with Crippen molar-refractivity contribution < 1.29 is 0 Å². The molecular formula is C25H25N3. The molecule has 0 bridgehead atoms. The number of nitrogens with zero attached hydrogens (tertiary/aromatic N) is 1. The molecule has 28 heavy (non-hydrogen) atoms. The molecule has 0 saturated heterocycles. The van der Waals surface area contributed by atoms with Crippen molar-refractivity contribution in [1.82, 2.24) is 15.3 Å². The fourth-order valence-corrected chi connectivity index (χ4v) is 4.44. The third kappa shape index (κ3) is 2.92. The van der Waals surface area contributed by atoms with Gasteiger partial charge in [0.15, 0.2) is 0 Å². The Morgan fingerprint density at radius 3 is 2.36 bits per heavy atom. The van der Waals surface area contributed by atoms with Crippen molar-refractivity contribution in [1.29, 1.82) is 0 Å². The van der Waals surface area contributed by atoms with Crippen molar-refractivity contribution in [3.63, 3.8) is 0 Å². The topological polar surface area (TPSA) is 40.7 Å². The molecule has 0 unspecified atom stereocenters. The van der Waals surface area contributed by atoms with Gasteiger partial charge in [-0.2, -0.15) is 0 Å². The van der Waals surface area contributed by atoms with Crippen molar-refractivity contribution in [3.05, 3.63) is 76.6 Å². The van der Waals surface area contributed by atoms with Crippen LogP contribution in [0.15, 0.2) is 48.5 Å². The summed E-state index contributed by atoms with van der Waals surface area (Å²) in [5.74, 6) is 0. The number of pyridine rings is 1. The Labute approximate surface area is 165 Å². The number of nitrogens with one attached hydrogen (secondary N) is 2. The summed E-state index contributed by atoms with van der Waals surface area (Å²) in [6.45, 7) is 8.35. The van der Waals surface area contributed by atoms with Crippen molar-refractivity contribution in [2.75, 3.05) is 6.54 Å². The molecule has 0 aliphatic carbocycles. The largest absolute Gasteiger partial charge is 0.354 e. The highest BCUT2D eigenvalue weighted by molar-refractivity contribution is 5.93. The first kappa shape index (κ1) is 17.2. The number of aryl methyl sites for hydroxylation is 3. The second kappa shape index (κ2) is 6.61. The number of aromatic nitrogens is 2. The lowest BCUT2D eigenvalue weighted by Gasteiger charge is -2.18. The minimum absolute atomic E-state index is 0.970. The quantitative estimate of drug-likeness (QED) is 0.493. The van der Waals surface area contributed by atoms with E-state index in [9.17, 15) is 0 Å². The number of aromatic amines is 1. The summed E-state index contributed by atoms with van der Waals surface area (Å²) in [4.78, 5) is 8.18. The molecule has 1 aliphatic rings.